The number of rotatable bonds is 2. The summed E-state index contributed by atoms with van der Waals surface area (Å²) in [5, 5.41) is 0. The number of anilines is 1. The van der Waals surface area contributed by atoms with Gasteiger partial charge in [-0.3, -0.25) is 9.80 Å². The minimum absolute atomic E-state index is 0.174. The topological polar surface area (TPSA) is 32.8 Å². The van der Waals surface area contributed by atoms with E-state index in [-0.39, 0.29) is 12.1 Å². The van der Waals surface area contributed by atoms with Crippen molar-refractivity contribution < 1.29 is 9.53 Å². The quantitative estimate of drug-likeness (QED) is 0.819. The summed E-state index contributed by atoms with van der Waals surface area (Å²) in [5.41, 5.74) is 3.53. The largest absolute Gasteiger partial charge is 0.447 e. The predicted octanol–water partition coefficient (Wildman–Crippen LogP) is 4.11. The Kier molecular flexibility index (Phi) is 4.49. The molecule has 3 aliphatic rings. The number of amides is 1. The third-order valence-electron chi connectivity index (χ3n) is 5.88. The van der Waals surface area contributed by atoms with Crippen molar-refractivity contribution in [1.29, 1.82) is 0 Å². The molecule has 0 radical (unpaired) electrons. The van der Waals surface area contributed by atoms with Crippen LogP contribution in [0.4, 0.5) is 10.5 Å². The monoisotopic (exact) mass is 328 g/mol. The van der Waals surface area contributed by atoms with Gasteiger partial charge in [0.05, 0.1) is 11.7 Å². The summed E-state index contributed by atoms with van der Waals surface area (Å²) in [4.78, 5) is 16.8. The van der Waals surface area contributed by atoms with E-state index in [0.717, 1.165) is 31.1 Å². The molecule has 0 bridgehead atoms. The molecule has 1 atom stereocenters. The number of hydrogen-bond donors (Lipinski definition) is 0. The van der Waals surface area contributed by atoms with Crippen molar-refractivity contribution in [2.45, 2.75) is 58.0 Å². The standard InChI is InChI=1S/C20H28N2O2/c1-15-7-8-17-13-21(12-16-5-3-2-4-6-16)10-9-18-14-24-20(23)22(18)19(17)11-15/h7-8,11,16,18H,2-6,9-10,12-14H2,1H3/t18-/m0/s1. The molecule has 130 valence electrons. The summed E-state index contributed by atoms with van der Waals surface area (Å²) in [5.74, 6) is 0.852. The second-order valence-corrected chi connectivity index (χ2v) is 7.76. The molecule has 0 aromatic heterocycles. The molecule has 1 amide bonds. The first kappa shape index (κ1) is 15.9. The van der Waals surface area contributed by atoms with Crippen molar-refractivity contribution in [3.05, 3.63) is 29.3 Å². The molecule has 4 heteroatoms. The Morgan fingerprint density at radius 1 is 1.17 bits per heavy atom. The average molecular weight is 328 g/mol. The maximum absolute atomic E-state index is 12.2. The Bertz CT molecular complexity index is 610. The van der Waals surface area contributed by atoms with Crippen LogP contribution in [0.15, 0.2) is 18.2 Å². The van der Waals surface area contributed by atoms with Crippen molar-refractivity contribution in [2.24, 2.45) is 5.92 Å². The Labute approximate surface area is 144 Å². The fourth-order valence-corrected chi connectivity index (χ4v) is 4.54. The lowest BCUT2D eigenvalue weighted by atomic mass is 9.88. The van der Waals surface area contributed by atoms with Crippen LogP contribution in [0.25, 0.3) is 0 Å². The van der Waals surface area contributed by atoms with Gasteiger partial charge in [0, 0.05) is 19.6 Å². The van der Waals surface area contributed by atoms with E-state index in [1.807, 2.05) is 4.90 Å². The van der Waals surface area contributed by atoms with Gasteiger partial charge in [0.2, 0.25) is 0 Å². The van der Waals surface area contributed by atoms with Crippen LogP contribution in [0.1, 0.15) is 49.7 Å². The van der Waals surface area contributed by atoms with E-state index in [1.165, 1.54) is 49.8 Å². The van der Waals surface area contributed by atoms with Gasteiger partial charge >= 0.3 is 6.09 Å². The molecule has 2 heterocycles. The maximum atomic E-state index is 12.2. The summed E-state index contributed by atoms with van der Waals surface area (Å²) in [6.45, 7) is 5.83. The second-order valence-electron chi connectivity index (χ2n) is 7.76. The van der Waals surface area contributed by atoms with Crippen LogP contribution in [0, 0.1) is 12.8 Å². The molecule has 1 aromatic rings. The fraction of sp³-hybridized carbons (Fsp3) is 0.650. The zero-order valence-electron chi connectivity index (χ0n) is 14.7. The minimum Gasteiger partial charge on any atom is -0.447 e. The first-order valence-corrected chi connectivity index (χ1v) is 9.48. The number of carbonyl (C=O) groups is 1. The Hall–Kier alpha value is -1.55. The molecule has 0 unspecified atom stereocenters. The fourth-order valence-electron chi connectivity index (χ4n) is 4.54. The summed E-state index contributed by atoms with van der Waals surface area (Å²) < 4.78 is 5.36. The summed E-state index contributed by atoms with van der Waals surface area (Å²) in [6.07, 6.45) is 7.80. The van der Waals surface area contributed by atoms with Gasteiger partial charge in [-0.25, -0.2) is 4.79 Å². The first-order valence-electron chi connectivity index (χ1n) is 9.48. The third-order valence-corrected chi connectivity index (χ3v) is 5.88. The van der Waals surface area contributed by atoms with Crippen molar-refractivity contribution in [3.8, 4) is 0 Å². The molecule has 1 aromatic carbocycles. The van der Waals surface area contributed by atoms with Gasteiger partial charge in [0.25, 0.3) is 0 Å². The normalized spacial score (nSPS) is 25.6. The van der Waals surface area contributed by atoms with E-state index < -0.39 is 0 Å². The number of nitrogens with zero attached hydrogens (tertiary/aromatic N) is 2. The molecule has 2 aliphatic heterocycles. The zero-order chi connectivity index (χ0) is 16.5. The molecule has 24 heavy (non-hydrogen) atoms. The number of cyclic esters (lactones) is 1. The molecule has 2 fully saturated rings. The van der Waals surface area contributed by atoms with Crippen LogP contribution in [0.2, 0.25) is 0 Å². The second kappa shape index (κ2) is 6.75. The highest BCUT2D eigenvalue weighted by Crippen LogP contribution is 2.33. The number of ether oxygens (including phenoxy) is 1. The number of hydrogen-bond acceptors (Lipinski definition) is 3. The van der Waals surface area contributed by atoms with Crippen molar-refractivity contribution in [3.63, 3.8) is 0 Å². The zero-order valence-corrected chi connectivity index (χ0v) is 14.7. The summed E-state index contributed by atoms with van der Waals surface area (Å²) in [6, 6.07) is 6.70. The van der Waals surface area contributed by atoms with Crippen molar-refractivity contribution in [2.75, 3.05) is 24.6 Å². The van der Waals surface area contributed by atoms with Crippen LogP contribution in [0.3, 0.4) is 0 Å². The highest BCUT2D eigenvalue weighted by Gasteiger charge is 2.37. The van der Waals surface area contributed by atoms with Gasteiger partial charge in [-0.1, -0.05) is 31.4 Å². The van der Waals surface area contributed by atoms with Gasteiger partial charge < -0.3 is 4.74 Å². The van der Waals surface area contributed by atoms with E-state index in [1.54, 1.807) is 0 Å². The van der Waals surface area contributed by atoms with Crippen molar-refractivity contribution in [1.82, 2.24) is 4.90 Å². The minimum atomic E-state index is -0.174. The predicted molar refractivity (Wildman–Crippen MR) is 95.3 cm³/mol. The van der Waals surface area contributed by atoms with E-state index in [4.69, 9.17) is 4.74 Å². The first-order chi connectivity index (χ1) is 11.7. The number of benzene rings is 1. The molecular formula is C20H28N2O2. The molecule has 4 nitrogen and oxygen atoms in total. The van der Waals surface area contributed by atoms with Gasteiger partial charge in [-0.2, -0.15) is 0 Å². The van der Waals surface area contributed by atoms with Crippen LogP contribution < -0.4 is 4.90 Å². The Morgan fingerprint density at radius 3 is 2.83 bits per heavy atom. The lowest BCUT2D eigenvalue weighted by Gasteiger charge is -2.35. The summed E-state index contributed by atoms with van der Waals surface area (Å²) in [7, 11) is 0. The van der Waals surface area contributed by atoms with E-state index in [2.05, 4.69) is 30.0 Å². The van der Waals surface area contributed by atoms with Crippen LogP contribution in [-0.2, 0) is 11.3 Å². The lowest BCUT2D eigenvalue weighted by molar-refractivity contribution is 0.173. The highest BCUT2D eigenvalue weighted by atomic mass is 16.6. The van der Waals surface area contributed by atoms with Gasteiger partial charge in [-0.15, -0.1) is 0 Å². The van der Waals surface area contributed by atoms with Crippen LogP contribution >= 0.6 is 0 Å². The Balaban J connectivity index is 1.59. The molecule has 1 saturated heterocycles. The molecule has 4 rings (SSSR count). The smallest absolute Gasteiger partial charge is 0.414 e. The highest BCUT2D eigenvalue weighted by molar-refractivity contribution is 5.91. The van der Waals surface area contributed by atoms with E-state index >= 15 is 0 Å². The molecule has 0 N–H and O–H groups in total. The van der Waals surface area contributed by atoms with Gasteiger partial charge in [-0.05, 0) is 49.3 Å². The number of fused-ring (bicyclic) bond motifs is 3. The Morgan fingerprint density at radius 2 is 2.00 bits per heavy atom. The molecule has 0 spiro atoms. The summed E-state index contributed by atoms with van der Waals surface area (Å²) >= 11 is 0. The lowest BCUT2D eigenvalue weighted by Crippen LogP contribution is -2.41. The van der Waals surface area contributed by atoms with Crippen molar-refractivity contribution >= 4 is 11.8 Å². The molecule has 1 saturated carbocycles. The van der Waals surface area contributed by atoms with E-state index in [9.17, 15) is 4.79 Å². The van der Waals surface area contributed by atoms with Crippen LogP contribution in [0.5, 0.6) is 0 Å². The SMILES string of the molecule is Cc1ccc2c(c1)N1C(=O)OC[C@@H]1CCN(CC1CCCCC1)C2. The maximum Gasteiger partial charge on any atom is 0.414 e. The molecular weight excluding hydrogens is 300 g/mol. The average Bonchev–Trinajstić information content (AvgIpc) is 2.94. The van der Waals surface area contributed by atoms with E-state index in [0.29, 0.717) is 6.61 Å². The van der Waals surface area contributed by atoms with Crippen LogP contribution in [-0.4, -0.2) is 36.7 Å². The number of carbonyl (C=O) groups excluding carboxylic acids is 1. The molecule has 1 aliphatic carbocycles. The number of aryl methyl sites for hydroxylation is 1. The van der Waals surface area contributed by atoms with Gasteiger partial charge in [0.15, 0.2) is 0 Å². The third kappa shape index (κ3) is 3.16. The van der Waals surface area contributed by atoms with Gasteiger partial charge in [0.1, 0.15) is 6.61 Å².